The third-order valence-electron chi connectivity index (χ3n) is 1.30. The Balaban J connectivity index is 0.00000196. The Morgan fingerprint density at radius 3 is 2.13 bits per heavy atom. The molecule has 0 N–H and O–H groups in total. The van der Waals surface area contributed by atoms with Gasteiger partial charge in [-0.1, -0.05) is 6.08 Å². The summed E-state index contributed by atoms with van der Waals surface area (Å²) in [6.45, 7) is -4.95. The summed E-state index contributed by atoms with van der Waals surface area (Å²) < 4.78 is 35.3. The fourth-order valence-electron chi connectivity index (χ4n) is 0.715. The van der Waals surface area contributed by atoms with Crippen LogP contribution in [0.5, 0.6) is 0 Å². The molecule has 0 saturated carbocycles. The van der Waals surface area contributed by atoms with Crippen molar-refractivity contribution in [3.8, 4) is 0 Å². The van der Waals surface area contributed by atoms with Crippen molar-refractivity contribution in [1.82, 2.24) is 9.97 Å². The molecule has 0 amide bonds. The number of hydrogen-bond donors (Lipinski definition) is 0. The molecule has 1 aromatic heterocycles. The van der Waals surface area contributed by atoms with Gasteiger partial charge >= 0.3 is 58.4 Å². The fourth-order valence-corrected chi connectivity index (χ4v) is 0.715. The van der Waals surface area contributed by atoms with E-state index in [1.807, 2.05) is 0 Å². The SMILES string of the molecule is O=Cc1ncc(/C=C/[B-](F)(F)F)cn1.[K+]. The van der Waals surface area contributed by atoms with E-state index in [4.69, 9.17) is 0 Å². The molecule has 1 rings (SSSR count). The fraction of sp³-hybridized carbons (Fsp3) is 0. The summed E-state index contributed by atoms with van der Waals surface area (Å²) in [4.78, 5) is 17.1. The molecule has 1 aromatic rings. The van der Waals surface area contributed by atoms with E-state index >= 15 is 0 Å². The Hall–Kier alpha value is -0.0187. The van der Waals surface area contributed by atoms with E-state index in [9.17, 15) is 17.7 Å². The van der Waals surface area contributed by atoms with Crippen molar-refractivity contribution >= 4 is 19.3 Å². The molecule has 0 spiro atoms. The summed E-state index contributed by atoms with van der Waals surface area (Å²) in [6.07, 6.45) is 3.57. The molecule has 0 aliphatic carbocycles. The molecule has 0 radical (unpaired) electrons. The van der Waals surface area contributed by atoms with Crippen LogP contribution in [0.1, 0.15) is 16.2 Å². The average Bonchev–Trinajstić information content (AvgIpc) is 2.14. The first kappa shape index (κ1) is 15.0. The van der Waals surface area contributed by atoms with E-state index in [0.717, 1.165) is 18.5 Å². The van der Waals surface area contributed by atoms with Gasteiger partial charge in [0.25, 0.3) is 0 Å². The van der Waals surface area contributed by atoms with Gasteiger partial charge in [0.2, 0.25) is 0 Å². The average molecular weight is 240 g/mol. The molecule has 0 bridgehead atoms. The van der Waals surface area contributed by atoms with Crippen LogP contribution in [-0.4, -0.2) is 23.2 Å². The van der Waals surface area contributed by atoms with Crippen molar-refractivity contribution in [2.45, 2.75) is 0 Å². The Morgan fingerprint density at radius 1 is 1.20 bits per heavy atom. The van der Waals surface area contributed by atoms with Gasteiger partial charge in [-0.15, -0.1) is 5.98 Å². The summed E-state index contributed by atoms with van der Waals surface area (Å²) in [7, 11) is 0. The summed E-state index contributed by atoms with van der Waals surface area (Å²) in [5.74, 6) is 0.0823. The maximum absolute atomic E-state index is 11.8. The molecular formula is C7H5BF3KN2O. The van der Waals surface area contributed by atoms with E-state index in [0.29, 0.717) is 6.29 Å². The van der Waals surface area contributed by atoms with Crippen LogP contribution < -0.4 is 51.4 Å². The number of halogens is 3. The van der Waals surface area contributed by atoms with Gasteiger partial charge < -0.3 is 12.9 Å². The maximum Gasteiger partial charge on any atom is 1.00 e. The Morgan fingerprint density at radius 2 is 1.73 bits per heavy atom. The monoisotopic (exact) mass is 240 g/mol. The second kappa shape index (κ2) is 6.54. The zero-order chi connectivity index (χ0) is 10.6. The van der Waals surface area contributed by atoms with Crippen molar-refractivity contribution < 1.29 is 69.1 Å². The standard InChI is InChI=1S/C7H5BF3N2O.K/c9-8(10,11)2-1-6-3-12-7(5-14)13-4-6;/h1-5H;/q-1;+1/b2-1+;. The van der Waals surface area contributed by atoms with Crippen molar-refractivity contribution in [2.75, 3.05) is 0 Å². The van der Waals surface area contributed by atoms with Crippen LogP contribution in [-0.2, 0) is 0 Å². The summed E-state index contributed by atoms with van der Waals surface area (Å²) in [5, 5.41) is 0. The van der Waals surface area contributed by atoms with Gasteiger partial charge in [-0.05, 0) is 0 Å². The van der Waals surface area contributed by atoms with Gasteiger partial charge in [0, 0.05) is 18.0 Å². The smallest absolute Gasteiger partial charge is 0.445 e. The molecule has 0 aliphatic heterocycles. The Bertz CT molecular complexity index is 352. The summed E-state index contributed by atoms with van der Waals surface area (Å²) >= 11 is 0. The van der Waals surface area contributed by atoms with Crippen LogP contribution in [0.25, 0.3) is 6.08 Å². The van der Waals surface area contributed by atoms with Crippen LogP contribution in [0, 0.1) is 0 Å². The molecule has 0 aliphatic rings. The molecule has 8 heteroatoms. The Kier molecular flexibility index (Phi) is 6.53. The van der Waals surface area contributed by atoms with E-state index in [1.165, 1.54) is 0 Å². The van der Waals surface area contributed by atoms with E-state index in [1.54, 1.807) is 0 Å². The summed E-state index contributed by atoms with van der Waals surface area (Å²) in [6, 6.07) is 0. The number of nitrogens with zero attached hydrogens (tertiary/aromatic N) is 2. The number of carbonyl (C=O) groups is 1. The zero-order valence-corrected chi connectivity index (χ0v) is 11.0. The predicted molar refractivity (Wildman–Crippen MR) is 45.5 cm³/mol. The number of aromatic nitrogens is 2. The van der Waals surface area contributed by atoms with Crippen LogP contribution >= 0.6 is 0 Å². The molecule has 0 atom stereocenters. The molecule has 1 heterocycles. The minimum absolute atomic E-state index is 0. The maximum atomic E-state index is 11.8. The zero-order valence-electron chi connectivity index (χ0n) is 7.90. The largest absolute Gasteiger partial charge is 1.00 e. The number of carbonyl (C=O) groups excluding carboxylic acids is 1. The van der Waals surface area contributed by atoms with Gasteiger partial charge in [-0.3, -0.25) is 4.79 Å². The summed E-state index contributed by atoms with van der Waals surface area (Å²) in [5.41, 5.74) is 0.204. The minimum Gasteiger partial charge on any atom is -0.445 e. The molecule has 0 fully saturated rings. The third-order valence-corrected chi connectivity index (χ3v) is 1.30. The van der Waals surface area contributed by atoms with E-state index in [2.05, 4.69) is 9.97 Å². The Labute approximate surface area is 127 Å². The minimum atomic E-state index is -4.95. The molecule has 0 aromatic carbocycles. The van der Waals surface area contributed by atoms with Gasteiger partial charge in [-0.25, -0.2) is 9.97 Å². The second-order valence-corrected chi connectivity index (χ2v) is 2.48. The van der Waals surface area contributed by atoms with Crippen LogP contribution in [0.4, 0.5) is 12.9 Å². The van der Waals surface area contributed by atoms with E-state index in [-0.39, 0.29) is 68.7 Å². The molecular weight excluding hydrogens is 235 g/mol. The topological polar surface area (TPSA) is 42.9 Å². The van der Waals surface area contributed by atoms with Gasteiger partial charge in [-0.2, -0.15) is 0 Å². The molecule has 15 heavy (non-hydrogen) atoms. The number of rotatable bonds is 3. The quantitative estimate of drug-likeness (QED) is 0.486. The molecule has 0 saturated heterocycles. The first-order valence-electron chi connectivity index (χ1n) is 3.68. The number of hydrogen-bond acceptors (Lipinski definition) is 3. The van der Waals surface area contributed by atoms with Crippen LogP contribution in [0.2, 0.25) is 0 Å². The van der Waals surface area contributed by atoms with Crippen molar-refractivity contribution in [2.24, 2.45) is 0 Å². The molecule has 0 unspecified atom stereocenters. The number of aldehydes is 1. The molecule has 3 nitrogen and oxygen atoms in total. The molecule has 74 valence electrons. The van der Waals surface area contributed by atoms with Crippen LogP contribution in [0.3, 0.4) is 0 Å². The van der Waals surface area contributed by atoms with Crippen molar-refractivity contribution in [1.29, 1.82) is 0 Å². The van der Waals surface area contributed by atoms with Gasteiger partial charge in [0.05, 0.1) is 0 Å². The second-order valence-electron chi connectivity index (χ2n) is 2.48. The first-order valence-corrected chi connectivity index (χ1v) is 3.68. The van der Waals surface area contributed by atoms with Crippen molar-refractivity contribution in [3.63, 3.8) is 0 Å². The third kappa shape index (κ3) is 6.21. The van der Waals surface area contributed by atoms with E-state index < -0.39 is 6.98 Å². The normalized spacial score (nSPS) is 11.1. The van der Waals surface area contributed by atoms with Gasteiger partial charge in [0.1, 0.15) is 0 Å². The van der Waals surface area contributed by atoms with Gasteiger partial charge in [0.15, 0.2) is 12.1 Å². The van der Waals surface area contributed by atoms with Crippen molar-refractivity contribution in [3.05, 3.63) is 29.8 Å². The first-order chi connectivity index (χ1) is 6.51. The predicted octanol–water partition coefficient (Wildman–Crippen LogP) is -1.31. The van der Waals surface area contributed by atoms with Crippen LogP contribution in [0.15, 0.2) is 18.4 Å².